The summed E-state index contributed by atoms with van der Waals surface area (Å²) in [5.41, 5.74) is 7.08. The van der Waals surface area contributed by atoms with Crippen molar-refractivity contribution >= 4 is 0 Å². The molecular weight excluding hydrogens is 212 g/mol. The van der Waals surface area contributed by atoms with Crippen LogP contribution in [0.5, 0.6) is 0 Å². The van der Waals surface area contributed by atoms with Gasteiger partial charge in [0.15, 0.2) is 0 Å². The Morgan fingerprint density at radius 2 is 2.06 bits per heavy atom. The fourth-order valence-electron chi connectivity index (χ4n) is 2.31. The van der Waals surface area contributed by atoms with Gasteiger partial charge in [0.2, 0.25) is 0 Å². The van der Waals surface area contributed by atoms with Crippen molar-refractivity contribution in [2.75, 3.05) is 19.7 Å². The summed E-state index contributed by atoms with van der Waals surface area (Å²) in [7, 11) is 0. The zero-order chi connectivity index (χ0) is 12.3. The van der Waals surface area contributed by atoms with Crippen molar-refractivity contribution in [3.8, 4) is 0 Å². The minimum absolute atomic E-state index is 0.0690. The summed E-state index contributed by atoms with van der Waals surface area (Å²) in [5.74, 6) is 0. The van der Waals surface area contributed by atoms with Gasteiger partial charge >= 0.3 is 0 Å². The van der Waals surface area contributed by atoms with Crippen molar-refractivity contribution in [2.24, 2.45) is 5.73 Å². The van der Waals surface area contributed by atoms with Gasteiger partial charge in [-0.1, -0.05) is 30.3 Å². The number of rotatable bonds is 3. The molecule has 1 unspecified atom stereocenters. The van der Waals surface area contributed by atoms with Crippen LogP contribution >= 0.6 is 0 Å². The summed E-state index contributed by atoms with van der Waals surface area (Å²) in [4.78, 5) is 2.43. The fourth-order valence-corrected chi connectivity index (χ4v) is 2.31. The number of hydrogen-bond acceptors (Lipinski definition) is 3. The van der Waals surface area contributed by atoms with Crippen molar-refractivity contribution < 1.29 is 4.74 Å². The molecular formula is C14H22N2O. The van der Waals surface area contributed by atoms with E-state index in [0.29, 0.717) is 12.6 Å². The summed E-state index contributed by atoms with van der Waals surface area (Å²) < 4.78 is 5.82. The molecule has 1 fully saturated rings. The topological polar surface area (TPSA) is 38.5 Å². The van der Waals surface area contributed by atoms with Gasteiger partial charge in [0.25, 0.3) is 0 Å². The SMILES string of the molecule is CC1(C)CN(Cc2ccccc2)C(CN)CO1. The molecule has 1 heterocycles. The minimum Gasteiger partial charge on any atom is -0.373 e. The van der Waals surface area contributed by atoms with E-state index in [0.717, 1.165) is 19.7 Å². The summed E-state index contributed by atoms with van der Waals surface area (Å²) in [6, 6.07) is 10.9. The predicted octanol–water partition coefficient (Wildman–Crippen LogP) is 1.62. The van der Waals surface area contributed by atoms with Crippen LogP contribution in [0.15, 0.2) is 30.3 Å². The lowest BCUT2D eigenvalue weighted by atomic mass is 10.0. The molecule has 0 bridgehead atoms. The molecule has 3 heteroatoms. The Kier molecular flexibility index (Phi) is 3.82. The van der Waals surface area contributed by atoms with Crippen molar-refractivity contribution in [2.45, 2.75) is 32.0 Å². The van der Waals surface area contributed by atoms with Gasteiger partial charge in [0.1, 0.15) is 0 Å². The number of benzene rings is 1. The van der Waals surface area contributed by atoms with Crippen LogP contribution in [-0.2, 0) is 11.3 Å². The third-order valence-electron chi connectivity index (χ3n) is 3.27. The summed E-state index contributed by atoms with van der Waals surface area (Å²) in [6.07, 6.45) is 0. The summed E-state index contributed by atoms with van der Waals surface area (Å²) in [6.45, 7) is 7.55. The second-order valence-corrected chi connectivity index (χ2v) is 5.35. The third-order valence-corrected chi connectivity index (χ3v) is 3.27. The number of nitrogens with zero attached hydrogens (tertiary/aromatic N) is 1. The van der Waals surface area contributed by atoms with Crippen molar-refractivity contribution in [1.82, 2.24) is 4.90 Å². The highest BCUT2D eigenvalue weighted by molar-refractivity contribution is 5.14. The van der Waals surface area contributed by atoms with Gasteiger partial charge < -0.3 is 10.5 Å². The molecule has 17 heavy (non-hydrogen) atoms. The van der Waals surface area contributed by atoms with E-state index in [4.69, 9.17) is 10.5 Å². The Labute approximate surface area is 104 Å². The number of hydrogen-bond donors (Lipinski definition) is 1. The summed E-state index contributed by atoms with van der Waals surface area (Å²) in [5, 5.41) is 0. The van der Waals surface area contributed by atoms with Crippen LogP contribution in [0.1, 0.15) is 19.4 Å². The Bertz CT molecular complexity index is 350. The largest absolute Gasteiger partial charge is 0.373 e. The Balaban J connectivity index is 2.06. The van der Waals surface area contributed by atoms with Crippen molar-refractivity contribution in [1.29, 1.82) is 0 Å². The standard InChI is InChI=1S/C14H22N2O/c1-14(2)11-16(13(8-15)10-17-14)9-12-6-4-3-5-7-12/h3-7,13H,8-11,15H2,1-2H3. The van der Waals surface area contributed by atoms with E-state index >= 15 is 0 Å². The normalized spacial score (nSPS) is 24.8. The maximum atomic E-state index is 5.82. The van der Waals surface area contributed by atoms with Crippen LogP contribution in [0.2, 0.25) is 0 Å². The molecule has 0 amide bonds. The van der Waals surface area contributed by atoms with Gasteiger partial charge in [-0.3, -0.25) is 4.90 Å². The molecule has 2 N–H and O–H groups in total. The number of morpholine rings is 1. The molecule has 0 spiro atoms. The highest BCUT2D eigenvalue weighted by atomic mass is 16.5. The molecule has 2 rings (SSSR count). The quantitative estimate of drug-likeness (QED) is 0.864. The first-order valence-corrected chi connectivity index (χ1v) is 6.23. The van der Waals surface area contributed by atoms with Crippen LogP contribution in [0, 0.1) is 0 Å². The predicted molar refractivity (Wildman–Crippen MR) is 69.7 cm³/mol. The van der Waals surface area contributed by atoms with Gasteiger partial charge in [-0.15, -0.1) is 0 Å². The second-order valence-electron chi connectivity index (χ2n) is 5.35. The second kappa shape index (κ2) is 5.17. The smallest absolute Gasteiger partial charge is 0.0753 e. The fraction of sp³-hybridized carbons (Fsp3) is 0.571. The molecule has 1 aromatic rings. The average molecular weight is 234 g/mol. The number of ether oxygens (including phenoxy) is 1. The lowest BCUT2D eigenvalue weighted by Crippen LogP contribution is -2.55. The average Bonchev–Trinajstić information content (AvgIpc) is 2.30. The van der Waals surface area contributed by atoms with Crippen LogP contribution in [0.4, 0.5) is 0 Å². The number of nitrogens with two attached hydrogens (primary N) is 1. The van der Waals surface area contributed by atoms with E-state index in [1.165, 1.54) is 5.56 Å². The van der Waals surface area contributed by atoms with Gasteiger partial charge in [0, 0.05) is 25.7 Å². The maximum absolute atomic E-state index is 5.82. The lowest BCUT2D eigenvalue weighted by molar-refractivity contribution is -0.115. The molecule has 1 atom stereocenters. The van der Waals surface area contributed by atoms with E-state index in [9.17, 15) is 0 Å². The third kappa shape index (κ3) is 3.28. The van der Waals surface area contributed by atoms with Crippen LogP contribution in [-0.4, -0.2) is 36.2 Å². The first-order chi connectivity index (χ1) is 8.11. The lowest BCUT2D eigenvalue weighted by Gasteiger charge is -2.43. The molecule has 1 aromatic carbocycles. The zero-order valence-electron chi connectivity index (χ0n) is 10.7. The van der Waals surface area contributed by atoms with Gasteiger partial charge in [-0.05, 0) is 19.4 Å². The van der Waals surface area contributed by atoms with E-state index in [2.05, 4.69) is 43.0 Å². The Hall–Kier alpha value is -0.900. The molecule has 94 valence electrons. The Morgan fingerprint density at radius 3 is 2.71 bits per heavy atom. The highest BCUT2D eigenvalue weighted by Crippen LogP contribution is 2.22. The molecule has 0 radical (unpaired) electrons. The van der Waals surface area contributed by atoms with Gasteiger partial charge in [0.05, 0.1) is 12.2 Å². The first kappa shape index (κ1) is 12.6. The molecule has 0 saturated carbocycles. The monoisotopic (exact) mass is 234 g/mol. The molecule has 1 saturated heterocycles. The van der Waals surface area contributed by atoms with Gasteiger partial charge in [-0.25, -0.2) is 0 Å². The van der Waals surface area contributed by atoms with E-state index in [-0.39, 0.29) is 5.60 Å². The van der Waals surface area contributed by atoms with E-state index < -0.39 is 0 Å². The minimum atomic E-state index is -0.0690. The molecule has 0 aromatic heterocycles. The van der Waals surface area contributed by atoms with Crippen molar-refractivity contribution in [3.05, 3.63) is 35.9 Å². The highest BCUT2D eigenvalue weighted by Gasteiger charge is 2.32. The van der Waals surface area contributed by atoms with E-state index in [1.807, 2.05) is 6.07 Å². The first-order valence-electron chi connectivity index (χ1n) is 6.23. The molecule has 1 aliphatic heterocycles. The summed E-state index contributed by atoms with van der Waals surface area (Å²) >= 11 is 0. The molecule has 0 aliphatic carbocycles. The van der Waals surface area contributed by atoms with E-state index in [1.54, 1.807) is 0 Å². The molecule has 3 nitrogen and oxygen atoms in total. The maximum Gasteiger partial charge on any atom is 0.0753 e. The van der Waals surface area contributed by atoms with Crippen molar-refractivity contribution in [3.63, 3.8) is 0 Å². The van der Waals surface area contributed by atoms with Crippen LogP contribution < -0.4 is 5.73 Å². The van der Waals surface area contributed by atoms with Crippen LogP contribution in [0.3, 0.4) is 0 Å². The van der Waals surface area contributed by atoms with Gasteiger partial charge in [-0.2, -0.15) is 0 Å². The zero-order valence-corrected chi connectivity index (χ0v) is 10.7. The van der Waals surface area contributed by atoms with Crippen LogP contribution in [0.25, 0.3) is 0 Å². The molecule has 1 aliphatic rings. The Morgan fingerprint density at radius 1 is 1.35 bits per heavy atom.